The fraction of sp³-hybridized carbons (Fsp3) is 0.364. The van der Waals surface area contributed by atoms with Crippen molar-refractivity contribution in [1.29, 1.82) is 0 Å². The lowest BCUT2D eigenvalue weighted by atomic mass is 10.4. The van der Waals surface area contributed by atoms with Gasteiger partial charge in [-0.05, 0) is 6.92 Å². The lowest BCUT2D eigenvalue weighted by Crippen LogP contribution is -2.05. The fourth-order valence-electron chi connectivity index (χ4n) is 1.48. The molecule has 2 rings (SSSR count). The van der Waals surface area contributed by atoms with Gasteiger partial charge in [0.1, 0.15) is 10.7 Å². The van der Waals surface area contributed by atoms with Crippen LogP contribution >= 0.6 is 11.3 Å². The summed E-state index contributed by atoms with van der Waals surface area (Å²) >= 11 is 1.29. The van der Waals surface area contributed by atoms with E-state index >= 15 is 0 Å². The average Bonchev–Trinajstić information content (AvgIpc) is 2.92. The molecule has 0 spiro atoms. The Morgan fingerprint density at radius 2 is 2.39 bits per heavy atom. The van der Waals surface area contributed by atoms with Gasteiger partial charge in [0.25, 0.3) is 0 Å². The number of ether oxygens (including phenoxy) is 1. The number of nitrogens with one attached hydrogen (secondary N) is 1. The SMILES string of the molecule is COC(=O)c1sc(NCc2nccn2C)nc1C. The fourth-order valence-corrected chi connectivity index (χ4v) is 2.36. The molecule has 2 heterocycles. The van der Waals surface area contributed by atoms with E-state index in [0.717, 1.165) is 5.82 Å². The summed E-state index contributed by atoms with van der Waals surface area (Å²) in [5.41, 5.74) is 0.675. The van der Waals surface area contributed by atoms with Gasteiger partial charge < -0.3 is 14.6 Å². The minimum Gasteiger partial charge on any atom is -0.465 e. The zero-order valence-electron chi connectivity index (χ0n) is 10.4. The van der Waals surface area contributed by atoms with Crippen LogP contribution in [0.5, 0.6) is 0 Å². The molecular formula is C11H14N4O2S. The third kappa shape index (κ3) is 2.51. The highest BCUT2D eigenvalue weighted by atomic mass is 32.1. The van der Waals surface area contributed by atoms with Crippen LogP contribution in [-0.2, 0) is 18.3 Å². The van der Waals surface area contributed by atoms with E-state index in [0.29, 0.717) is 22.2 Å². The van der Waals surface area contributed by atoms with Crippen molar-refractivity contribution in [3.05, 3.63) is 28.8 Å². The molecule has 0 unspecified atom stereocenters. The number of nitrogens with zero attached hydrogens (tertiary/aromatic N) is 3. The highest BCUT2D eigenvalue weighted by molar-refractivity contribution is 7.17. The summed E-state index contributed by atoms with van der Waals surface area (Å²) in [6.45, 7) is 2.35. The van der Waals surface area contributed by atoms with Gasteiger partial charge >= 0.3 is 5.97 Å². The smallest absolute Gasteiger partial charge is 0.350 e. The van der Waals surface area contributed by atoms with E-state index in [1.54, 1.807) is 13.1 Å². The highest BCUT2D eigenvalue weighted by Gasteiger charge is 2.15. The number of aromatic nitrogens is 3. The zero-order chi connectivity index (χ0) is 13.1. The van der Waals surface area contributed by atoms with E-state index in [1.807, 2.05) is 17.8 Å². The molecule has 2 aromatic heterocycles. The van der Waals surface area contributed by atoms with Crippen LogP contribution in [0.15, 0.2) is 12.4 Å². The highest BCUT2D eigenvalue weighted by Crippen LogP contribution is 2.23. The summed E-state index contributed by atoms with van der Waals surface area (Å²) in [6, 6.07) is 0. The maximum Gasteiger partial charge on any atom is 0.350 e. The van der Waals surface area contributed by atoms with Crippen LogP contribution in [0.25, 0.3) is 0 Å². The van der Waals surface area contributed by atoms with Gasteiger partial charge in [0, 0.05) is 19.4 Å². The minimum atomic E-state index is -0.352. The predicted molar refractivity (Wildman–Crippen MR) is 68.7 cm³/mol. The van der Waals surface area contributed by atoms with Gasteiger partial charge in [-0.2, -0.15) is 0 Å². The number of aryl methyl sites for hydroxylation is 2. The molecule has 0 atom stereocenters. The number of thiazole rings is 1. The van der Waals surface area contributed by atoms with Gasteiger partial charge in [-0.1, -0.05) is 11.3 Å². The molecule has 96 valence electrons. The number of rotatable bonds is 4. The Labute approximate surface area is 109 Å². The Balaban J connectivity index is 2.07. The standard InChI is InChI=1S/C11H14N4O2S/c1-7-9(10(16)17-3)18-11(14-7)13-6-8-12-4-5-15(8)2/h4-5H,6H2,1-3H3,(H,13,14). The van der Waals surface area contributed by atoms with Gasteiger partial charge in [0.05, 0.1) is 19.3 Å². The van der Waals surface area contributed by atoms with Crippen molar-refractivity contribution in [3.63, 3.8) is 0 Å². The van der Waals surface area contributed by atoms with Crippen LogP contribution < -0.4 is 5.32 Å². The summed E-state index contributed by atoms with van der Waals surface area (Å²) in [5, 5.41) is 3.84. The van der Waals surface area contributed by atoms with Crippen LogP contribution in [0.1, 0.15) is 21.2 Å². The molecule has 18 heavy (non-hydrogen) atoms. The van der Waals surface area contributed by atoms with Crippen molar-refractivity contribution in [3.8, 4) is 0 Å². The third-order valence-corrected chi connectivity index (χ3v) is 3.58. The zero-order valence-corrected chi connectivity index (χ0v) is 11.2. The van der Waals surface area contributed by atoms with E-state index in [2.05, 4.69) is 20.0 Å². The summed E-state index contributed by atoms with van der Waals surface area (Å²) in [5.74, 6) is 0.553. The molecule has 6 nitrogen and oxygen atoms in total. The molecule has 0 saturated carbocycles. The molecule has 0 bridgehead atoms. The first kappa shape index (κ1) is 12.6. The molecule has 0 fully saturated rings. The van der Waals surface area contributed by atoms with Gasteiger partial charge in [-0.3, -0.25) is 0 Å². The normalized spacial score (nSPS) is 10.4. The van der Waals surface area contributed by atoms with Crippen LogP contribution in [-0.4, -0.2) is 27.6 Å². The maximum absolute atomic E-state index is 11.4. The molecule has 0 aliphatic heterocycles. The van der Waals surface area contributed by atoms with E-state index in [-0.39, 0.29) is 5.97 Å². The maximum atomic E-state index is 11.4. The first-order valence-electron chi connectivity index (χ1n) is 5.37. The summed E-state index contributed by atoms with van der Waals surface area (Å²) in [6.07, 6.45) is 3.62. The molecule has 0 saturated heterocycles. The molecular weight excluding hydrogens is 252 g/mol. The monoisotopic (exact) mass is 266 g/mol. The van der Waals surface area contributed by atoms with Crippen LogP contribution in [0.4, 0.5) is 5.13 Å². The quantitative estimate of drug-likeness (QED) is 0.851. The second-order valence-corrected chi connectivity index (χ2v) is 4.73. The lowest BCUT2D eigenvalue weighted by molar-refractivity contribution is 0.0605. The van der Waals surface area contributed by atoms with Gasteiger partial charge in [-0.15, -0.1) is 0 Å². The summed E-state index contributed by atoms with van der Waals surface area (Å²) < 4.78 is 6.61. The minimum absolute atomic E-state index is 0.352. The Bertz CT molecular complexity index is 561. The molecule has 0 aliphatic carbocycles. The molecule has 2 aromatic rings. The molecule has 0 radical (unpaired) electrons. The third-order valence-electron chi connectivity index (χ3n) is 2.49. The molecule has 7 heteroatoms. The Kier molecular flexibility index (Phi) is 3.61. The van der Waals surface area contributed by atoms with Gasteiger partial charge in [-0.25, -0.2) is 14.8 Å². The molecule has 0 amide bonds. The second kappa shape index (κ2) is 5.18. The first-order valence-corrected chi connectivity index (χ1v) is 6.19. The van der Waals surface area contributed by atoms with Crippen LogP contribution in [0.3, 0.4) is 0 Å². The van der Waals surface area contributed by atoms with Crippen molar-refractivity contribution in [1.82, 2.24) is 14.5 Å². The Morgan fingerprint density at radius 3 is 3.00 bits per heavy atom. The van der Waals surface area contributed by atoms with Crippen molar-refractivity contribution in [2.45, 2.75) is 13.5 Å². The van der Waals surface area contributed by atoms with Crippen molar-refractivity contribution >= 4 is 22.4 Å². The van der Waals surface area contributed by atoms with Crippen LogP contribution in [0, 0.1) is 6.92 Å². The topological polar surface area (TPSA) is 69.0 Å². The Morgan fingerprint density at radius 1 is 1.61 bits per heavy atom. The van der Waals surface area contributed by atoms with Crippen molar-refractivity contribution < 1.29 is 9.53 Å². The first-order chi connectivity index (χ1) is 8.61. The van der Waals surface area contributed by atoms with Crippen LogP contribution in [0.2, 0.25) is 0 Å². The average molecular weight is 266 g/mol. The van der Waals surface area contributed by atoms with E-state index in [4.69, 9.17) is 0 Å². The van der Waals surface area contributed by atoms with Gasteiger partial charge in [0.2, 0.25) is 0 Å². The molecule has 0 aromatic carbocycles. The van der Waals surface area contributed by atoms with E-state index in [9.17, 15) is 4.79 Å². The number of carbonyl (C=O) groups is 1. The lowest BCUT2D eigenvalue weighted by Gasteiger charge is -2.02. The number of imidazole rings is 1. The second-order valence-electron chi connectivity index (χ2n) is 3.73. The largest absolute Gasteiger partial charge is 0.465 e. The Hall–Kier alpha value is -1.89. The molecule has 0 aliphatic rings. The number of methoxy groups -OCH3 is 1. The summed E-state index contributed by atoms with van der Waals surface area (Å²) in [7, 11) is 3.29. The number of anilines is 1. The van der Waals surface area contributed by atoms with E-state index < -0.39 is 0 Å². The predicted octanol–water partition coefficient (Wildman–Crippen LogP) is 1.58. The van der Waals surface area contributed by atoms with Crippen molar-refractivity contribution in [2.75, 3.05) is 12.4 Å². The number of hydrogen-bond donors (Lipinski definition) is 1. The van der Waals surface area contributed by atoms with E-state index in [1.165, 1.54) is 18.4 Å². The summed E-state index contributed by atoms with van der Waals surface area (Å²) in [4.78, 5) is 20.4. The number of carbonyl (C=O) groups excluding carboxylic acids is 1. The number of hydrogen-bond acceptors (Lipinski definition) is 6. The van der Waals surface area contributed by atoms with Crippen molar-refractivity contribution in [2.24, 2.45) is 7.05 Å². The van der Waals surface area contributed by atoms with Gasteiger partial charge in [0.15, 0.2) is 5.13 Å². The number of esters is 1. The molecule has 1 N–H and O–H groups in total.